The maximum atomic E-state index is 4.67. The number of thiazole rings is 1. The summed E-state index contributed by atoms with van der Waals surface area (Å²) in [5, 5.41) is 7.03. The molecule has 2 aliphatic rings. The highest BCUT2D eigenvalue weighted by Crippen LogP contribution is 2.27. The molecule has 1 aromatic heterocycles. The van der Waals surface area contributed by atoms with Gasteiger partial charge in [-0.1, -0.05) is 6.92 Å². The summed E-state index contributed by atoms with van der Waals surface area (Å²) in [7, 11) is 0. The summed E-state index contributed by atoms with van der Waals surface area (Å²) >= 11 is 1.81. The summed E-state index contributed by atoms with van der Waals surface area (Å²) in [6.07, 6.45) is 2.43. The van der Waals surface area contributed by atoms with E-state index in [2.05, 4.69) is 27.5 Å². The average molecular weight is 288 g/mol. The van der Waals surface area contributed by atoms with Crippen molar-refractivity contribution in [2.24, 2.45) is 11.8 Å². The van der Waals surface area contributed by atoms with Gasteiger partial charge < -0.3 is 5.32 Å². The molecule has 0 radical (unpaired) electrons. The van der Waals surface area contributed by atoms with Crippen LogP contribution in [-0.2, 0) is 13.0 Å². The fraction of sp³-hybridized carbons (Fsp3) is 0.769. The van der Waals surface area contributed by atoms with E-state index in [0.29, 0.717) is 0 Å². The van der Waals surface area contributed by atoms with E-state index in [9.17, 15) is 0 Å². The Bertz CT molecular complexity index is 382. The van der Waals surface area contributed by atoms with Crippen LogP contribution >= 0.6 is 23.7 Å². The minimum absolute atomic E-state index is 0. The van der Waals surface area contributed by atoms with Crippen LogP contribution in [0.25, 0.3) is 0 Å². The predicted molar refractivity (Wildman–Crippen MR) is 78.5 cm³/mol. The van der Waals surface area contributed by atoms with E-state index in [4.69, 9.17) is 0 Å². The predicted octanol–water partition coefficient (Wildman–Crippen LogP) is 2.17. The molecule has 3 nitrogen and oxygen atoms in total. The molecule has 102 valence electrons. The molecule has 3 rings (SSSR count). The van der Waals surface area contributed by atoms with Crippen LogP contribution < -0.4 is 5.32 Å². The number of aromatic nitrogens is 1. The first-order chi connectivity index (χ1) is 8.35. The topological polar surface area (TPSA) is 28.2 Å². The quantitative estimate of drug-likeness (QED) is 0.923. The zero-order valence-electron chi connectivity index (χ0n) is 10.9. The second-order valence-electron chi connectivity index (χ2n) is 5.29. The lowest BCUT2D eigenvalue weighted by Crippen LogP contribution is -2.39. The van der Waals surface area contributed by atoms with E-state index >= 15 is 0 Å². The Hall–Kier alpha value is -0.160. The first kappa shape index (κ1) is 14.3. The first-order valence-corrected chi connectivity index (χ1v) is 7.59. The number of fused-ring (bicyclic) bond motifs is 1. The van der Waals surface area contributed by atoms with E-state index in [1.165, 1.54) is 43.3 Å². The van der Waals surface area contributed by atoms with Gasteiger partial charge >= 0.3 is 0 Å². The molecule has 2 atom stereocenters. The Kier molecular flexibility index (Phi) is 5.01. The monoisotopic (exact) mass is 287 g/mol. The highest BCUT2D eigenvalue weighted by atomic mass is 35.5. The molecule has 5 heteroatoms. The molecular weight excluding hydrogens is 266 g/mol. The Balaban J connectivity index is 0.00000120. The van der Waals surface area contributed by atoms with Gasteiger partial charge in [-0.15, -0.1) is 23.7 Å². The van der Waals surface area contributed by atoms with Crippen LogP contribution in [-0.4, -0.2) is 36.1 Å². The minimum Gasteiger partial charge on any atom is -0.316 e. The number of rotatable bonds is 3. The highest BCUT2D eigenvalue weighted by molar-refractivity contribution is 7.09. The van der Waals surface area contributed by atoms with Crippen molar-refractivity contribution in [1.82, 2.24) is 15.2 Å². The third-order valence-electron chi connectivity index (χ3n) is 4.08. The van der Waals surface area contributed by atoms with Crippen molar-refractivity contribution in [3.05, 3.63) is 16.1 Å². The first-order valence-electron chi connectivity index (χ1n) is 6.71. The fourth-order valence-corrected chi connectivity index (χ4v) is 3.80. The van der Waals surface area contributed by atoms with E-state index in [1.54, 1.807) is 0 Å². The molecule has 0 spiro atoms. The second kappa shape index (κ2) is 6.33. The van der Waals surface area contributed by atoms with Gasteiger partial charge in [0, 0.05) is 18.5 Å². The van der Waals surface area contributed by atoms with Gasteiger partial charge in [-0.25, -0.2) is 4.98 Å². The third kappa shape index (κ3) is 3.05. The van der Waals surface area contributed by atoms with Gasteiger partial charge in [-0.05, 0) is 44.3 Å². The van der Waals surface area contributed by atoms with Crippen LogP contribution in [0.15, 0.2) is 5.38 Å². The SMILES string of the molecule is CCc1nc(CN2CCC3CNCC3C2)cs1.Cl. The Labute approximate surface area is 119 Å². The highest BCUT2D eigenvalue weighted by Gasteiger charge is 2.32. The van der Waals surface area contributed by atoms with Gasteiger partial charge in [0.15, 0.2) is 0 Å². The largest absolute Gasteiger partial charge is 0.316 e. The number of hydrogen-bond acceptors (Lipinski definition) is 4. The second-order valence-corrected chi connectivity index (χ2v) is 6.23. The maximum absolute atomic E-state index is 4.67. The lowest BCUT2D eigenvalue weighted by Gasteiger charge is -2.33. The van der Waals surface area contributed by atoms with Crippen molar-refractivity contribution in [2.45, 2.75) is 26.3 Å². The van der Waals surface area contributed by atoms with E-state index in [-0.39, 0.29) is 12.4 Å². The van der Waals surface area contributed by atoms with Crippen molar-refractivity contribution < 1.29 is 0 Å². The van der Waals surface area contributed by atoms with Crippen LogP contribution in [0.1, 0.15) is 24.0 Å². The van der Waals surface area contributed by atoms with Crippen molar-refractivity contribution in [3.8, 4) is 0 Å². The van der Waals surface area contributed by atoms with Crippen LogP contribution in [0.2, 0.25) is 0 Å². The standard InChI is InChI=1S/C13H21N3S.ClH/c1-2-13-15-12(9-17-13)8-16-4-3-10-5-14-6-11(10)7-16;/h9-11,14H,2-8H2,1H3;1H. The molecule has 3 heterocycles. The molecule has 2 unspecified atom stereocenters. The normalized spacial score (nSPS) is 27.8. The maximum Gasteiger partial charge on any atom is 0.0926 e. The summed E-state index contributed by atoms with van der Waals surface area (Å²) in [6, 6.07) is 0. The molecule has 2 saturated heterocycles. The van der Waals surface area contributed by atoms with Crippen LogP contribution in [0.4, 0.5) is 0 Å². The number of piperidine rings is 1. The third-order valence-corrected chi connectivity index (χ3v) is 5.12. The van der Waals surface area contributed by atoms with E-state index < -0.39 is 0 Å². The molecule has 1 N–H and O–H groups in total. The lowest BCUT2D eigenvalue weighted by atomic mass is 9.89. The van der Waals surface area contributed by atoms with E-state index in [0.717, 1.165) is 24.8 Å². The molecule has 1 aromatic rings. The Morgan fingerprint density at radius 2 is 2.28 bits per heavy atom. The van der Waals surface area contributed by atoms with Gasteiger partial charge in [0.25, 0.3) is 0 Å². The summed E-state index contributed by atoms with van der Waals surface area (Å²) < 4.78 is 0. The van der Waals surface area contributed by atoms with Gasteiger partial charge in [0.05, 0.1) is 10.7 Å². The lowest BCUT2D eigenvalue weighted by molar-refractivity contribution is 0.141. The molecule has 0 aromatic carbocycles. The number of nitrogens with one attached hydrogen (secondary N) is 1. The van der Waals surface area contributed by atoms with Gasteiger partial charge in [0.1, 0.15) is 0 Å². The zero-order chi connectivity index (χ0) is 11.7. The number of halogens is 1. The Morgan fingerprint density at radius 3 is 3.06 bits per heavy atom. The number of aryl methyl sites for hydroxylation is 1. The molecule has 2 aliphatic heterocycles. The van der Waals surface area contributed by atoms with Gasteiger partial charge in [-0.3, -0.25) is 4.90 Å². The summed E-state index contributed by atoms with van der Waals surface area (Å²) in [5.41, 5.74) is 1.27. The average Bonchev–Trinajstić information content (AvgIpc) is 2.96. The number of hydrogen-bond donors (Lipinski definition) is 1. The summed E-state index contributed by atoms with van der Waals surface area (Å²) in [4.78, 5) is 7.26. The molecule has 0 aliphatic carbocycles. The molecule has 18 heavy (non-hydrogen) atoms. The van der Waals surface area contributed by atoms with Crippen LogP contribution in [0, 0.1) is 11.8 Å². The molecule has 0 saturated carbocycles. The van der Waals surface area contributed by atoms with Crippen LogP contribution in [0.5, 0.6) is 0 Å². The van der Waals surface area contributed by atoms with Crippen molar-refractivity contribution >= 4 is 23.7 Å². The van der Waals surface area contributed by atoms with Crippen molar-refractivity contribution in [3.63, 3.8) is 0 Å². The van der Waals surface area contributed by atoms with E-state index in [1.807, 2.05) is 11.3 Å². The molecular formula is C13H22ClN3S. The Morgan fingerprint density at radius 1 is 1.44 bits per heavy atom. The fourth-order valence-electron chi connectivity index (χ4n) is 3.07. The van der Waals surface area contributed by atoms with Gasteiger partial charge in [0.2, 0.25) is 0 Å². The number of nitrogens with zero attached hydrogens (tertiary/aromatic N) is 2. The smallest absolute Gasteiger partial charge is 0.0926 e. The number of likely N-dealkylation sites (tertiary alicyclic amines) is 1. The molecule has 0 amide bonds. The van der Waals surface area contributed by atoms with Crippen molar-refractivity contribution in [1.29, 1.82) is 0 Å². The van der Waals surface area contributed by atoms with Crippen molar-refractivity contribution in [2.75, 3.05) is 26.2 Å². The molecule has 2 fully saturated rings. The van der Waals surface area contributed by atoms with Gasteiger partial charge in [-0.2, -0.15) is 0 Å². The van der Waals surface area contributed by atoms with Crippen LogP contribution in [0.3, 0.4) is 0 Å². The summed E-state index contributed by atoms with van der Waals surface area (Å²) in [5.74, 6) is 1.82. The minimum atomic E-state index is 0. The zero-order valence-corrected chi connectivity index (χ0v) is 12.5. The summed E-state index contributed by atoms with van der Waals surface area (Å²) in [6.45, 7) is 8.21. The molecule has 0 bridgehead atoms.